The van der Waals surface area contributed by atoms with Crippen LogP contribution in [0.15, 0.2) is 41.8 Å². The van der Waals surface area contributed by atoms with E-state index in [0.717, 1.165) is 12.2 Å². The molecule has 1 aliphatic rings. The van der Waals surface area contributed by atoms with Crippen molar-refractivity contribution in [3.05, 3.63) is 42.2 Å². The number of carbonyl (C=O) groups excluding carboxylic acids is 1. The van der Waals surface area contributed by atoms with Crippen LogP contribution >= 0.6 is 11.8 Å². The Morgan fingerprint density at radius 1 is 1.33 bits per heavy atom. The van der Waals surface area contributed by atoms with Gasteiger partial charge >= 0.3 is 0 Å². The van der Waals surface area contributed by atoms with Crippen molar-refractivity contribution in [2.45, 2.75) is 43.4 Å². The molecule has 0 saturated carbocycles. The molecule has 0 spiro atoms. The topological polar surface area (TPSA) is 122 Å². The molecule has 3 atom stereocenters. The number of hydrogen-bond acceptors (Lipinski definition) is 8. The first kappa shape index (κ1) is 20.7. The van der Waals surface area contributed by atoms with E-state index in [2.05, 4.69) is 27.2 Å². The number of aliphatic hydroxyl groups is 2. The molecule has 3 heterocycles. The number of imidazole rings is 1. The number of nitrogens with zero attached hydrogens (tertiary/aromatic N) is 4. The molecule has 1 aliphatic heterocycles. The Labute approximate surface area is 177 Å². The van der Waals surface area contributed by atoms with Gasteiger partial charge in [0.2, 0.25) is 0 Å². The summed E-state index contributed by atoms with van der Waals surface area (Å²) >= 11 is 1.54. The zero-order valence-corrected chi connectivity index (χ0v) is 17.2. The number of aliphatic hydroxyl groups excluding tert-OH is 2. The third-order valence-corrected chi connectivity index (χ3v) is 5.98. The summed E-state index contributed by atoms with van der Waals surface area (Å²) < 4.78 is 7.66. The summed E-state index contributed by atoms with van der Waals surface area (Å²) in [7, 11) is 0. The quantitative estimate of drug-likeness (QED) is 0.489. The minimum Gasteiger partial charge on any atom is -0.394 e. The zero-order chi connectivity index (χ0) is 21.1. The summed E-state index contributed by atoms with van der Waals surface area (Å²) in [5, 5.41) is 23.1. The average Bonchev–Trinajstić information content (AvgIpc) is 3.32. The number of nitrogens with one attached hydrogen (secondary N) is 1. The fourth-order valence-corrected chi connectivity index (χ4v) is 4.23. The predicted molar refractivity (Wildman–Crippen MR) is 112 cm³/mol. The lowest BCUT2D eigenvalue weighted by Gasteiger charge is -2.16. The summed E-state index contributed by atoms with van der Waals surface area (Å²) in [6.07, 6.45) is 0.672. The number of benzene rings is 1. The first-order valence-electron chi connectivity index (χ1n) is 9.78. The molecule has 1 fully saturated rings. The van der Waals surface area contributed by atoms with E-state index in [-0.39, 0.29) is 12.5 Å². The van der Waals surface area contributed by atoms with Crippen molar-refractivity contribution in [2.75, 3.05) is 17.7 Å². The van der Waals surface area contributed by atoms with Crippen LogP contribution in [0.25, 0.3) is 11.2 Å². The van der Waals surface area contributed by atoms with Crippen LogP contribution in [-0.2, 0) is 4.74 Å². The molecule has 0 bridgehead atoms. The SMILES string of the molecule is CCCSc1nc2c(NC(=O)c3ccccc3)ncnc2n1[C@H]1C[C@H](O)[C@@H](CO)O1. The number of rotatable bonds is 7. The van der Waals surface area contributed by atoms with Crippen molar-refractivity contribution >= 4 is 34.7 Å². The summed E-state index contributed by atoms with van der Waals surface area (Å²) in [4.78, 5) is 25.9. The molecule has 1 saturated heterocycles. The largest absolute Gasteiger partial charge is 0.394 e. The van der Waals surface area contributed by atoms with Crippen LogP contribution in [0.3, 0.4) is 0 Å². The van der Waals surface area contributed by atoms with Crippen LogP contribution in [0, 0.1) is 0 Å². The summed E-state index contributed by atoms with van der Waals surface area (Å²) in [6.45, 7) is 1.80. The molecule has 10 heteroatoms. The van der Waals surface area contributed by atoms with E-state index in [9.17, 15) is 15.0 Å². The molecule has 1 amide bonds. The van der Waals surface area contributed by atoms with Gasteiger partial charge in [0.15, 0.2) is 22.1 Å². The van der Waals surface area contributed by atoms with Gasteiger partial charge in [-0.15, -0.1) is 0 Å². The molecule has 0 radical (unpaired) electrons. The first-order chi connectivity index (χ1) is 14.6. The number of fused-ring (bicyclic) bond motifs is 1. The number of hydrogen-bond donors (Lipinski definition) is 3. The lowest BCUT2D eigenvalue weighted by molar-refractivity contribution is -0.0457. The Kier molecular flexibility index (Phi) is 6.28. The standard InChI is InChI=1S/C20H23N5O4S/c1-2-8-30-20-23-16-17(24-19(28)12-6-4-3-5-7-12)21-11-22-18(16)25(20)15-9-13(27)14(10-26)29-15/h3-7,11,13-15,26-27H,2,8-10H2,1H3,(H,21,22,24,28)/t13-,14+,15+/m0/s1. The van der Waals surface area contributed by atoms with E-state index in [4.69, 9.17) is 4.74 Å². The average molecular weight is 430 g/mol. The van der Waals surface area contributed by atoms with Crippen molar-refractivity contribution in [3.63, 3.8) is 0 Å². The predicted octanol–water partition coefficient (Wildman–Crippen LogP) is 2.22. The Hall–Kier alpha value is -2.53. The third kappa shape index (κ3) is 4.04. The minimum atomic E-state index is -0.777. The highest BCUT2D eigenvalue weighted by atomic mass is 32.2. The lowest BCUT2D eigenvalue weighted by atomic mass is 10.2. The van der Waals surface area contributed by atoms with Crippen molar-refractivity contribution < 1.29 is 19.7 Å². The smallest absolute Gasteiger partial charge is 0.256 e. The molecule has 3 N–H and O–H groups in total. The fraction of sp³-hybridized carbons (Fsp3) is 0.400. The highest BCUT2D eigenvalue weighted by Crippen LogP contribution is 2.36. The number of amides is 1. The molecular formula is C20H23N5O4S. The number of carbonyl (C=O) groups is 1. The monoisotopic (exact) mass is 429 g/mol. The van der Waals surface area contributed by atoms with Gasteiger partial charge in [-0.05, 0) is 18.6 Å². The van der Waals surface area contributed by atoms with Crippen molar-refractivity contribution in [1.82, 2.24) is 19.5 Å². The van der Waals surface area contributed by atoms with Gasteiger partial charge in [0.1, 0.15) is 18.7 Å². The van der Waals surface area contributed by atoms with Crippen LogP contribution < -0.4 is 5.32 Å². The summed E-state index contributed by atoms with van der Waals surface area (Å²) in [5.74, 6) is 0.852. The van der Waals surface area contributed by atoms with Gasteiger partial charge in [-0.1, -0.05) is 36.9 Å². The number of thioether (sulfide) groups is 1. The number of anilines is 1. The van der Waals surface area contributed by atoms with Crippen molar-refractivity contribution in [1.29, 1.82) is 0 Å². The molecule has 30 heavy (non-hydrogen) atoms. The highest BCUT2D eigenvalue weighted by molar-refractivity contribution is 7.99. The minimum absolute atomic E-state index is 0.269. The second kappa shape index (κ2) is 9.09. The van der Waals surface area contributed by atoms with E-state index in [1.807, 2.05) is 10.6 Å². The van der Waals surface area contributed by atoms with Crippen molar-refractivity contribution in [2.24, 2.45) is 0 Å². The molecule has 0 unspecified atom stereocenters. The summed E-state index contributed by atoms with van der Waals surface area (Å²) in [5.41, 5.74) is 1.46. The molecule has 0 aliphatic carbocycles. The van der Waals surface area contributed by atoms with E-state index in [1.165, 1.54) is 6.33 Å². The second-order valence-corrected chi connectivity index (χ2v) is 8.00. The summed E-state index contributed by atoms with van der Waals surface area (Å²) in [6, 6.07) is 8.86. The first-order valence-corrected chi connectivity index (χ1v) is 10.8. The van der Waals surface area contributed by atoms with Crippen LogP contribution in [0.1, 0.15) is 36.4 Å². The van der Waals surface area contributed by atoms with E-state index in [1.54, 1.807) is 36.0 Å². The van der Waals surface area contributed by atoms with Gasteiger partial charge in [0.05, 0.1) is 12.7 Å². The van der Waals surface area contributed by atoms with E-state index in [0.29, 0.717) is 34.1 Å². The Morgan fingerprint density at radius 3 is 2.83 bits per heavy atom. The van der Waals surface area contributed by atoms with Gasteiger partial charge in [0.25, 0.3) is 5.91 Å². The molecular weight excluding hydrogens is 406 g/mol. The van der Waals surface area contributed by atoms with Gasteiger partial charge in [-0.3, -0.25) is 9.36 Å². The van der Waals surface area contributed by atoms with Gasteiger partial charge in [-0.2, -0.15) is 0 Å². The maximum Gasteiger partial charge on any atom is 0.256 e. The maximum atomic E-state index is 12.6. The zero-order valence-electron chi connectivity index (χ0n) is 16.4. The Morgan fingerprint density at radius 2 is 2.13 bits per heavy atom. The molecule has 9 nitrogen and oxygen atoms in total. The van der Waals surface area contributed by atoms with Crippen LogP contribution in [0.5, 0.6) is 0 Å². The highest BCUT2D eigenvalue weighted by Gasteiger charge is 2.37. The van der Waals surface area contributed by atoms with Gasteiger partial charge in [0, 0.05) is 17.7 Å². The molecule has 1 aromatic carbocycles. The molecule has 3 aromatic rings. The van der Waals surface area contributed by atoms with Crippen LogP contribution in [0.4, 0.5) is 5.82 Å². The third-order valence-electron chi connectivity index (χ3n) is 4.82. The molecule has 2 aromatic heterocycles. The van der Waals surface area contributed by atoms with Crippen LogP contribution in [0.2, 0.25) is 0 Å². The fourth-order valence-electron chi connectivity index (χ4n) is 3.34. The molecule has 158 valence electrons. The van der Waals surface area contributed by atoms with Crippen molar-refractivity contribution in [3.8, 4) is 0 Å². The van der Waals surface area contributed by atoms with Crippen LogP contribution in [-0.4, -0.2) is 60.2 Å². The Bertz CT molecular complexity index is 1030. The molecule has 4 rings (SSSR count). The number of aromatic nitrogens is 4. The second-order valence-electron chi connectivity index (χ2n) is 6.94. The van der Waals surface area contributed by atoms with E-state index >= 15 is 0 Å². The van der Waals surface area contributed by atoms with E-state index < -0.39 is 18.4 Å². The van der Waals surface area contributed by atoms with Gasteiger partial charge < -0.3 is 20.3 Å². The number of ether oxygens (including phenoxy) is 1. The normalized spacial score (nSPS) is 21.2. The lowest BCUT2D eigenvalue weighted by Crippen LogP contribution is -2.24. The van der Waals surface area contributed by atoms with Gasteiger partial charge in [-0.25, -0.2) is 15.0 Å². The Balaban J connectivity index is 1.72. The maximum absolute atomic E-state index is 12.6.